The quantitative estimate of drug-likeness (QED) is 0.451. The molecule has 0 unspecified atom stereocenters. The number of sulfonamides is 1. The second-order valence-electron chi connectivity index (χ2n) is 7.04. The van der Waals surface area contributed by atoms with Gasteiger partial charge in [-0.15, -0.1) is 11.3 Å². The topological polar surface area (TPSA) is 92.3 Å². The minimum absolute atomic E-state index is 0.102. The zero-order valence-electron chi connectivity index (χ0n) is 17.4. The number of nitrogens with zero attached hydrogens (tertiary/aromatic N) is 3. The zero-order valence-corrected chi connectivity index (χ0v) is 19.0. The molecule has 0 atom stereocenters. The van der Waals surface area contributed by atoms with Crippen LogP contribution in [0.4, 0.5) is 10.8 Å². The first-order valence-corrected chi connectivity index (χ1v) is 12.0. The van der Waals surface area contributed by atoms with Crippen molar-refractivity contribution in [3.05, 3.63) is 89.4 Å². The van der Waals surface area contributed by atoms with Crippen LogP contribution in [0.1, 0.15) is 15.9 Å². The van der Waals surface area contributed by atoms with Gasteiger partial charge < -0.3 is 0 Å². The van der Waals surface area contributed by atoms with Gasteiger partial charge in [0, 0.05) is 24.2 Å². The Balaban J connectivity index is 1.48. The highest BCUT2D eigenvalue weighted by Crippen LogP contribution is 2.25. The summed E-state index contributed by atoms with van der Waals surface area (Å²) in [4.78, 5) is 21.3. The predicted molar refractivity (Wildman–Crippen MR) is 127 cm³/mol. The number of benzene rings is 2. The van der Waals surface area contributed by atoms with Gasteiger partial charge in [0.15, 0.2) is 5.13 Å². The van der Waals surface area contributed by atoms with Crippen LogP contribution >= 0.6 is 11.3 Å². The first kappa shape index (κ1) is 21.7. The number of nitrogens with one attached hydrogen (secondary N) is 1. The van der Waals surface area contributed by atoms with Gasteiger partial charge >= 0.3 is 0 Å². The summed E-state index contributed by atoms with van der Waals surface area (Å²) >= 11 is 1.29. The lowest BCUT2D eigenvalue weighted by molar-refractivity contribution is 0.102. The molecule has 0 aliphatic heterocycles. The maximum atomic E-state index is 13.0. The fourth-order valence-corrected chi connectivity index (χ4v) is 4.92. The van der Waals surface area contributed by atoms with Crippen molar-refractivity contribution in [2.75, 3.05) is 16.7 Å². The molecule has 0 spiro atoms. The third kappa shape index (κ3) is 4.53. The van der Waals surface area contributed by atoms with Gasteiger partial charge in [-0.3, -0.25) is 19.4 Å². The summed E-state index contributed by atoms with van der Waals surface area (Å²) in [6.07, 6.45) is 1.68. The van der Waals surface area contributed by atoms with Gasteiger partial charge in [-0.05, 0) is 61.0 Å². The van der Waals surface area contributed by atoms with E-state index in [1.165, 1.54) is 47.0 Å². The number of hydrogen-bond donors (Lipinski definition) is 1. The molecule has 2 heterocycles. The molecule has 162 valence electrons. The predicted octanol–water partition coefficient (Wildman–Crippen LogP) is 4.59. The standard InChI is InChI=1S/C23H20N4O3S2/c1-16-6-5-7-18(14-16)27(2)32(29,30)19-11-9-17(10-12-19)22(28)26-23-25-21(15-31-23)20-8-3-4-13-24-20/h3-15H,1-2H3,(H,25,26,28). The molecule has 0 aliphatic rings. The maximum absolute atomic E-state index is 13.0. The number of pyridine rings is 1. The molecule has 0 saturated carbocycles. The number of amides is 1. The van der Waals surface area contributed by atoms with E-state index in [4.69, 9.17) is 0 Å². The Kier molecular flexibility index (Phi) is 6.02. The lowest BCUT2D eigenvalue weighted by Gasteiger charge is -2.20. The van der Waals surface area contributed by atoms with Crippen molar-refractivity contribution in [1.82, 2.24) is 9.97 Å². The molecule has 0 aliphatic carbocycles. The number of aryl methyl sites for hydroxylation is 1. The maximum Gasteiger partial charge on any atom is 0.264 e. The molecule has 2 aromatic carbocycles. The van der Waals surface area contributed by atoms with Crippen LogP contribution in [0.3, 0.4) is 0 Å². The Morgan fingerprint density at radius 1 is 1.00 bits per heavy atom. The molecule has 1 amide bonds. The highest BCUT2D eigenvalue weighted by Gasteiger charge is 2.22. The van der Waals surface area contributed by atoms with E-state index in [0.29, 0.717) is 22.1 Å². The van der Waals surface area contributed by atoms with Crippen molar-refractivity contribution < 1.29 is 13.2 Å². The van der Waals surface area contributed by atoms with Gasteiger partial charge in [0.25, 0.3) is 15.9 Å². The summed E-state index contributed by atoms with van der Waals surface area (Å²) in [6, 6.07) is 18.6. The van der Waals surface area contributed by atoms with E-state index in [2.05, 4.69) is 15.3 Å². The average Bonchev–Trinajstić information content (AvgIpc) is 3.27. The molecule has 0 saturated heterocycles. The summed E-state index contributed by atoms with van der Waals surface area (Å²) in [5.41, 5.74) is 3.25. The Morgan fingerprint density at radius 2 is 1.78 bits per heavy atom. The molecule has 4 aromatic rings. The summed E-state index contributed by atoms with van der Waals surface area (Å²) < 4.78 is 27.2. The van der Waals surface area contributed by atoms with Crippen molar-refractivity contribution in [2.24, 2.45) is 0 Å². The number of hydrogen-bond acceptors (Lipinski definition) is 6. The van der Waals surface area contributed by atoms with Crippen molar-refractivity contribution in [3.63, 3.8) is 0 Å². The Morgan fingerprint density at radius 3 is 2.47 bits per heavy atom. The lowest BCUT2D eigenvalue weighted by atomic mass is 10.2. The average molecular weight is 465 g/mol. The summed E-state index contributed by atoms with van der Waals surface area (Å²) in [5, 5.41) is 4.99. The van der Waals surface area contributed by atoms with E-state index >= 15 is 0 Å². The molecule has 4 rings (SSSR count). The van der Waals surface area contributed by atoms with Gasteiger partial charge in [-0.25, -0.2) is 13.4 Å². The van der Waals surface area contributed by atoms with E-state index in [1.807, 2.05) is 42.6 Å². The van der Waals surface area contributed by atoms with Gasteiger partial charge in [0.2, 0.25) is 0 Å². The fraction of sp³-hybridized carbons (Fsp3) is 0.0870. The first-order valence-electron chi connectivity index (χ1n) is 9.68. The van der Waals surface area contributed by atoms with Gasteiger partial charge in [0.05, 0.1) is 16.3 Å². The van der Waals surface area contributed by atoms with E-state index in [1.54, 1.807) is 18.3 Å². The Bertz CT molecular complexity index is 1350. The molecule has 0 radical (unpaired) electrons. The van der Waals surface area contributed by atoms with Crippen molar-refractivity contribution in [1.29, 1.82) is 0 Å². The minimum Gasteiger partial charge on any atom is -0.298 e. The first-order chi connectivity index (χ1) is 15.3. The molecule has 2 aromatic heterocycles. The highest BCUT2D eigenvalue weighted by atomic mass is 32.2. The number of anilines is 2. The van der Waals surface area contributed by atoms with Gasteiger partial charge in [-0.2, -0.15) is 0 Å². The molecule has 0 bridgehead atoms. The monoisotopic (exact) mass is 464 g/mol. The van der Waals surface area contributed by atoms with Crippen LogP contribution < -0.4 is 9.62 Å². The summed E-state index contributed by atoms with van der Waals surface area (Å²) in [6.45, 7) is 1.90. The van der Waals surface area contributed by atoms with E-state index in [9.17, 15) is 13.2 Å². The van der Waals surface area contributed by atoms with E-state index in [-0.39, 0.29) is 10.8 Å². The van der Waals surface area contributed by atoms with Crippen LogP contribution in [0.5, 0.6) is 0 Å². The van der Waals surface area contributed by atoms with Crippen LogP contribution in [0.25, 0.3) is 11.4 Å². The lowest BCUT2D eigenvalue weighted by Crippen LogP contribution is -2.26. The van der Waals surface area contributed by atoms with Crippen molar-refractivity contribution in [2.45, 2.75) is 11.8 Å². The number of carbonyl (C=O) groups excluding carboxylic acids is 1. The number of aromatic nitrogens is 2. The molecular weight excluding hydrogens is 444 g/mol. The molecule has 1 N–H and O–H groups in total. The van der Waals surface area contributed by atoms with E-state index < -0.39 is 10.0 Å². The number of rotatable bonds is 6. The third-order valence-electron chi connectivity index (χ3n) is 4.79. The minimum atomic E-state index is -3.75. The van der Waals surface area contributed by atoms with E-state index in [0.717, 1.165) is 11.3 Å². The Hall–Kier alpha value is -3.56. The molecule has 7 nitrogen and oxygen atoms in total. The highest BCUT2D eigenvalue weighted by molar-refractivity contribution is 7.92. The fourth-order valence-electron chi connectivity index (χ4n) is 3.03. The van der Waals surface area contributed by atoms with Gasteiger partial charge in [0.1, 0.15) is 5.69 Å². The van der Waals surface area contributed by atoms with Crippen LogP contribution in [0.15, 0.2) is 83.2 Å². The van der Waals surface area contributed by atoms with Gasteiger partial charge in [-0.1, -0.05) is 18.2 Å². The third-order valence-corrected chi connectivity index (χ3v) is 7.35. The normalized spacial score (nSPS) is 11.2. The van der Waals surface area contributed by atoms with Crippen LogP contribution in [-0.4, -0.2) is 31.3 Å². The smallest absolute Gasteiger partial charge is 0.264 e. The molecule has 0 fully saturated rings. The number of thiazole rings is 1. The zero-order chi connectivity index (χ0) is 22.7. The Labute approximate surface area is 190 Å². The second kappa shape index (κ2) is 8.89. The summed E-state index contributed by atoms with van der Waals surface area (Å²) in [5.74, 6) is -0.372. The SMILES string of the molecule is Cc1cccc(N(C)S(=O)(=O)c2ccc(C(=O)Nc3nc(-c4ccccn4)cs3)cc2)c1. The van der Waals surface area contributed by atoms with Crippen molar-refractivity contribution >= 4 is 38.1 Å². The van der Waals surface area contributed by atoms with Crippen molar-refractivity contribution in [3.8, 4) is 11.4 Å². The van der Waals surface area contributed by atoms with Crippen LogP contribution in [0.2, 0.25) is 0 Å². The molecular formula is C23H20N4O3S2. The number of carbonyl (C=O) groups is 1. The van der Waals surface area contributed by atoms with Crippen LogP contribution in [0, 0.1) is 6.92 Å². The largest absolute Gasteiger partial charge is 0.298 e. The van der Waals surface area contributed by atoms with Crippen LogP contribution in [-0.2, 0) is 10.0 Å². The molecule has 9 heteroatoms. The second-order valence-corrected chi connectivity index (χ2v) is 9.87. The summed E-state index contributed by atoms with van der Waals surface area (Å²) in [7, 11) is -2.25. The molecule has 32 heavy (non-hydrogen) atoms.